The Kier molecular flexibility index (Phi) is 7.13. The van der Waals surface area contributed by atoms with E-state index < -0.39 is 0 Å². The summed E-state index contributed by atoms with van der Waals surface area (Å²) < 4.78 is 9.35. The van der Waals surface area contributed by atoms with E-state index in [1.807, 2.05) is 11.3 Å². The number of rotatable bonds is 5. The van der Waals surface area contributed by atoms with Gasteiger partial charge in [0.1, 0.15) is 11.2 Å². The molecule has 0 unspecified atom stereocenters. The lowest BCUT2D eigenvalue weighted by Gasteiger charge is -2.28. The predicted octanol–water partition coefficient (Wildman–Crippen LogP) is 16.2. The number of furan rings is 1. The molecular formula is C54H33NOS. The van der Waals surface area contributed by atoms with Gasteiger partial charge in [0.15, 0.2) is 0 Å². The van der Waals surface area contributed by atoms with Gasteiger partial charge in [-0.1, -0.05) is 146 Å². The summed E-state index contributed by atoms with van der Waals surface area (Å²) in [5, 5.41) is 12.1. The fraction of sp³-hybridized carbons (Fsp3) is 0. The molecule has 0 saturated heterocycles. The number of hydrogen-bond donors (Lipinski definition) is 0. The number of hydrogen-bond acceptors (Lipinski definition) is 3. The number of thiophene rings is 1. The third-order valence-corrected chi connectivity index (χ3v) is 12.8. The molecule has 266 valence electrons. The fourth-order valence-corrected chi connectivity index (χ4v) is 10.2. The molecule has 2 heterocycles. The van der Waals surface area contributed by atoms with Gasteiger partial charge in [0.05, 0.1) is 16.8 Å². The van der Waals surface area contributed by atoms with Gasteiger partial charge in [-0.2, -0.15) is 0 Å². The van der Waals surface area contributed by atoms with E-state index in [0.29, 0.717) is 0 Å². The summed E-state index contributed by atoms with van der Waals surface area (Å²) in [7, 11) is 0. The maximum absolute atomic E-state index is 6.75. The Morgan fingerprint density at radius 3 is 1.89 bits per heavy atom. The van der Waals surface area contributed by atoms with Crippen LogP contribution in [0.3, 0.4) is 0 Å². The first kappa shape index (κ1) is 32.1. The molecule has 0 aliphatic rings. The number of fused-ring (bicyclic) bond motifs is 11. The normalized spacial score (nSPS) is 11.9. The zero-order valence-electron chi connectivity index (χ0n) is 30.8. The highest BCUT2D eigenvalue weighted by Gasteiger charge is 2.23. The lowest BCUT2D eigenvalue weighted by atomic mass is 9.93. The number of benzene rings is 10. The Bertz CT molecular complexity index is 3540. The van der Waals surface area contributed by atoms with Gasteiger partial charge in [-0.15, -0.1) is 11.3 Å². The summed E-state index contributed by atoms with van der Waals surface area (Å²) in [5.41, 5.74) is 9.79. The van der Waals surface area contributed by atoms with E-state index in [-0.39, 0.29) is 0 Å². The second kappa shape index (κ2) is 12.7. The van der Waals surface area contributed by atoms with Gasteiger partial charge in [-0.05, 0) is 98.2 Å². The van der Waals surface area contributed by atoms with E-state index in [0.717, 1.165) is 50.0 Å². The van der Waals surface area contributed by atoms with Crippen molar-refractivity contribution in [1.82, 2.24) is 0 Å². The van der Waals surface area contributed by atoms with Crippen LogP contribution in [0.1, 0.15) is 0 Å². The van der Waals surface area contributed by atoms with Crippen molar-refractivity contribution < 1.29 is 4.42 Å². The molecule has 0 saturated carbocycles. The van der Waals surface area contributed by atoms with Crippen LogP contribution in [0.2, 0.25) is 0 Å². The zero-order valence-corrected chi connectivity index (χ0v) is 31.6. The summed E-state index contributed by atoms with van der Waals surface area (Å²) in [6.45, 7) is 0. The van der Waals surface area contributed by atoms with Crippen molar-refractivity contribution in [3.63, 3.8) is 0 Å². The molecule has 0 fully saturated rings. The van der Waals surface area contributed by atoms with Gasteiger partial charge in [0, 0.05) is 42.2 Å². The minimum atomic E-state index is 0.868. The summed E-state index contributed by atoms with van der Waals surface area (Å²) in [6, 6.07) is 72.8. The van der Waals surface area contributed by atoms with Crippen molar-refractivity contribution >= 4 is 103 Å². The molecule has 10 aromatic carbocycles. The Morgan fingerprint density at radius 1 is 0.368 bits per heavy atom. The monoisotopic (exact) mass is 743 g/mol. The molecule has 12 rings (SSSR count). The molecule has 57 heavy (non-hydrogen) atoms. The van der Waals surface area contributed by atoms with E-state index in [2.05, 4.69) is 205 Å². The second-order valence-electron chi connectivity index (χ2n) is 14.8. The Balaban J connectivity index is 1.09. The second-order valence-corrected chi connectivity index (χ2v) is 15.9. The van der Waals surface area contributed by atoms with E-state index >= 15 is 0 Å². The highest BCUT2D eigenvalue weighted by atomic mass is 32.1. The van der Waals surface area contributed by atoms with Crippen LogP contribution >= 0.6 is 11.3 Å². The van der Waals surface area contributed by atoms with Crippen LogP contribution in [0, 0.1) is 0 Å². The van der Waals surface area contributed by atoms with E-state index in [1.165, 1.54) is 63.8 Å². The van der Waals surface area contributed by atoms with Gasteiger partial charge < -0.3 is 9.32 Å². The summed E-state index contributed by atoms with van der Waals surface area (Å²) >= 11 is 1.86. The van der Waals surface area contributed by atoms with Crippen molar-refractivity contribution in [3.8, 4) is 22.3 Å². The zero-order chi connectivity index (χ0) is 37.5. The van der Waals surface area contributed by atoms with E-state index in [1.54, 1.807) is 0 Å². The van der Waals surface area contributed by atoms with Gasteiger partial charge in [0.25, 0.3) is 0 Å². The fourth-order valence-electron chi connectivity index (χ4n) is 9.02. The first-order valence-corrected chi connectivity index (χ1v) is 20.2. The Morgan fingerprint density at radius 2 is 1.02 bits per heavy atom. The highest BCUT2D eigenvalue weighted by molar-refractivity contribution is 7.25. The molecule has 0 aliphatic carbocycles. The minimum absolute atomic E-state index is 0.868. The smallest absolute Gasteiger partial charge is 0.143 e. The van der Waals surface area contributed by atoms with Crippen molar-refractivity contribution in [2.45, 2.75) is 0 Å². The van der Waals surface area contributed by atoms with Gasteiger partial charge >= 0.3 is 0 Å². The third kappa shape index (κ3) is 5.03. The van der Waals surface area contributed by atoms with Gasteiger partial charge in [-0.25, -0.2) is 0 Å². The molecule has 0 N–H and O–H groups in total. The van der Waals surface area contributed by atoms with Crippen molar-refractivity contribution in [2.24, 2.45) is 0 Å². The maximum atomic E-state index is 6.75. The molecule has 2 aromatic heterocycles. The van der Waals surface area contributed by atoms with Crippen LogP contribution in [0.5, 0.6) is 0 Å². The molecule has 0 bridgehead atoms. The number of nitrogens with zero attached hydrogens (tertiary/aromatic N) is 1. The van der Waals surface area contributed by atoms with Crippen molar-refractivity contribution in [1.29, 1.82) is 0 Å². The SMILES string of the molecule is c1ccc(N(c2ccc(-c3cc4ccccc4c4ccccc34)cc2)c2cccc3oc4c5ccccc5ccc4c23)c(-c2ccc3c(c2)sc2ccccc23)c1. The predicted molar refractivity (Wildman–Crippen MR) is 245 cm³/mol. The first-order valence-electron chi connectivity index (χ1n) is 19.4. The molecule has 0 radical (unpaired) electrons. The Labute approximate surface area is 333 Å². The number of para-hydroxylation sites is 1. The number of anilines is 3. The molecule has 0 aliphatic heterocycles. The standard InChI is InChI=1S/C54H33NOS/c1-4-16-41-34(12-1)26-31-46-53-49(21-11-22-50(53)56-54(41)46)55(48-20-9-7-15-40(48)37-27-30-45-44-19-8-10-23-51(44)57-52(45)33-37)38-28-24-35(25-29-38)47-32-36-13-2-3-14-39(36)42-17-5-6-18-43(42)47/h1-33H. The van der Waals surface area contributed by atoms with Crippen molar-refractivity contribution in [2.75, 3.05) is 4.90 Å². The largest absolute Gasteiger partial charge is 0.455 e. The third-order valence-electron chi connectivity index (χ3n) is 11.6. The summed E-state index contributed by atoms with van der Waals surface area (Å²) in [6.07, 6.45) is 0. The van der Waals surface area contributed by atoms with Crippen LogP contribution in [-0.2, 0) is 0 Å². The summed E-state index contributed by atoms with van der Waals surface area (Å²) in [4.78, 5) is 2.43. The maximum Gasteiger partial charge on any atom is 0.143 e. The molecule has 0 atom stereocenters. The van der Waals surface area contributed by atoms with Gasteiger partial charge in [-0.3, -0.25) is 0 Å². The van der Waals surface area contributed by atoms with Crippen LogP contribution in [0.25, 0.3) is 96.7 Å². The summed E-state index contributed by atoms with van der Waals surface area (Å²) in [5.74, 6) is 0. The quantitative estimate of drug-likeness (QED) is 0.163. The average molecular weight is 744 g/mol. The van der Waals surface area contributed by atoms with Crippen LogP contribution in [0.15, 0.2) is 205 Å². The molecule has 12 aromatic rings. The van der Waals surface area contributed by atoms with Crippen molar-refractivity contribution in [3.05, 3.63) is 200 Å². The highest BCUT2D eigenvalue weighted by Crippen LogP contribution is 2.48. The lowest BCUT2D eigenvalue weighted by Crippen LogP contribution is -2.11. The van der Waals surface area contributed by atoms with E-state index in [4.69, 9.17) is 4.42 Å². The van der Waals surface area contributed by atoms with Crippen LogP contribution < -0.4 is 4.90 Å². The molecule has 0 spiro atoms. The Hall–Kier alpha value is -7.20. The topological polar surface area (TPSA) is 16.4 Å². The molecule has 2 nitrogen and oxygen atoms in total. The molecule has 0 amide bonds. The molecular weight excluding hydrogens is 711 g/mol. The lowest BCUT2D eigenvalue weighted by molar-refractivity contribution is 0.672. The average Bonchev–Trinajstić information content (AvgIpc) is 3.86. The first-order chi connectivity index (χ1) is 28.3. The van der Waals surface area contributed by atoms with E-state index in [9.17, 15) is 0 Å². The van der Waals surface area contributed by atoms with Crippen LogP contribution in [0.4, 0.5) is 17.1 Å². The van der Waals surface area contributed by atoms with Gasteiger partial charge in [0.2, 0.25) is 0 Å². The minimum Gasteiger partial charge on any atom is -0.455 e. The van der Waals surface area contributed by atoms with Crippen LogP contribution in [-0.4, -0.2) is 0 Å². The molecule has 3 heteroatoms.